The van der Waals surface area contributed by atoms with Crippen LogP contribution in [0.5, 0.6) is 0 Å². The van der Waals surface area contributed by atoms with Gasteiger partial charge in [0, 0.05) is 26.3 Å². The van der Waals surface area contributed by atoms with Gasteiger partial charge >= 0.3 is 0 Å². The standard InChI is InChI=1S/C13H26N2O3/c1-3-17-10-8-15(9-11-18-4-2)13(16)12-6-5-7-14-12/h12,14H,3-11H2,1-2H3/t12-/m0/s1. The van der Waals surface area contributed by atoms with Crippen molar-refractivity contribution >= 4 is 5.91 Å². The largest absolute Gasteiger partial charge is 0.380 e. The van der Waals surface area contributed by atoms with E-state index < -0.39 is 0 Å². The van der Waals surface area contributed by atoms with Crippen LogP contribution in [0.1, 0.15) is 26.7 Å². The van der Waals surface area contributed by atoms with Gasteiger partial charge < -0.3 is 19.7 Å². The number of nitrogens with one attached hydrogen (secondary N) is 1. The van der Waals surface area contributed by atoms with Crippen LogP contribution >= 0.6 is 0 Å². The van der Waals surface area contributed by atoms with E-state index in [4.69, 9.17) is 9.47 Å². The zero-order valence-corrected chi connectivity index (χ0v) is 11.6. The van der Waals surface area contributed by atoms with Crippen LogP contribution in [0.15, 0.2) is 0 Å². The Morgan fingerprint density at radius 1 is 1.22 bits per heavy atom. The number of rotatable bonds is 9. The van der Waals surface area contributed by atoms with Gasteiger partial charge in [0.05, 0.1) is 19.3 Å². The number of ether oxygens (including phenoxy) is 2. The third-order valence-corrected chi connectivity index (χ3v) is 3.09. The third kappa shape index (κ3) is 5.33. The maximum absolute atomic E-state index is 12.3. The van der Waals surface area contributed by atoms with Crippen molar-refractivity contribution in [1.82, 2.24) is 10.2 Å². The van der Waals surface area contributed by atoms with Crippen LogP contribution in [0.25, 0.3) is 0 Å². The van der Waals surface area contributed by atoms with E-state index in [0.29, 0.717) is 39.5 Å². The van der Waals surface area contributed by atoms with Gasteiger partial charge in [0.15, 0.2) is 0 Å². The summed E-state index contributed by atoms with van der Waals surface area (Å²) < 4.78 is 10.7. The third-order valence-electron chi connectivity index (χ3n) is 3.09. The highest BCUT2D eigenvalue weighted by Gasteiger charge is 2.26. The summed E-state index contributed by atoms with van der Waals surface area (Å²) in [5.41, 5.74) is 0. The van der Waals surface area contributed by atoms with E-state index in [1.165, 1.54) is 0 Å². The summed E-state index contributed by atoms with van der Waals surface area (Å²) in [7, 11) is 0. The molecule has 0 radical (unpaired) electrons. The molecule has 1 fully saturated rings. The van der Waals surface area contributed by atoms with Crippen LogP contribution in [0, 0.1) is 0 Å². The number of nitrogens with zero attached hydrogens (tertiary/aromatic N) is 1. The first kappa shape index (κ1) is 15.4. The molecule has 1 aliphatic heterocycles. The molecule has 0 saturated carbocycles. The molecule has 1 saturated heterocycles. The Bertz CT molecular complexity index is 220. The molecule has 0 spiro atoms. The summed E-state index contributed by atoms with van der Waals surface area (Å²) in [5, 5.41) is 3.24. The van der Waals surface area contributed by atoms with Crippen molar-refractivity contribution in [3.8, 4) is 0 Å². The lowest BCUT2D eigenvalue weighted by atomic mass is 10.2. The van der Waals surface area contributed by atoms with Gasteiger partial charge in [0.2, 0.25) is 5.91 Å². The Morgan fingerprint density at radius 2 is 1.83 bits per heavy atom. The van der Waals surface area contributed by atoms with Crippen LogP contribution in [-0.4, -0.2) is 62.9 Å². The van der Waals surface area contributed by atoms with E-state index in [1.807, 2.05) is 18.7 Å². The first-order chi connectivity index (χ1) is 8.79. The van der Waals surface area contributed by atoms with Gasteiger partial charge in [-0.05, 0) is 33.2 Å². The van der Waals surface area contributed by atoms with Gasteiger partial charge in [0.25, 0.3) is 0 Å². The predicted octanol–water partition coefficient (Wildman–Crippen LogP) is 0.640. The number of hydrogen-bond donors (Lipinski definition) is 1. The predicted molar refractivity (Wildman–Crippen MR) is 70.6 cm³/mol. The van der Waals surface area contributed by atoms with Crippen molar-refractivity contribution in [1.29, 1.82) is 0 Å². The van der Waals surface area contributed by atoms with Crippen molar-refractivity contribution in [3.63, 3.8) is 0 Å². The van der Waals surface area contributed by atoms with E-state index in [9.17, 15) is 4.79 Å². The molecule has 1 amide bonds. The second-order valence-corrected chi connectivity index (χ2v) is 4.37. The minimum absolute atomic E-state index is 0.00625. The van der Waals surface area contributed by atoms with Crippen LogP contribution in [-0.2, 0) is 14.3 Å². The van der Waals surface area contributed by atoms with Crippen LogP contribution < -0.4 is 5.32 Å². The summed E-state index contributed by atoms with van der Waals surface area (Å²) >= 11 is 0. The Labute approximate surface area is 110 Å². The zero-order valence-electron chi connectivity index (χ0n) is 11.6. The van der Waals surface area contributed by atoms with E-state index >= 15 is 0 Å². The molecule has 1 N–H and O–H groups in total. The summed E-state index contributed by atoms with van der Waals surface area (Å²) in [6.45, 7) is 8.75. The molecule has 1 atom stereocenters. The summed E-state index contributed by atoms with van der Waals surface area (Å²) in [5.74, 6) is 0.187. The highest BCUT2D eigenvalue weighted by atomic mass is 16.5. The van der Waals surface area contributed by atoms with Gasteiger partial charge in [-0.2, -0.15) is 0 Å². The van der Waals surface area contributed by atoms with Crippen molar-refractivity contribution < 1.29 is 14.3 Å². The highest BCUT2D eigenvalue weighted by Crippen LogP contribution is 2.08. The van der Waals surface area contributed by atoms with Crippen molar-refractivity contribution in [3.05, 3.63) is 0 Å². The average molecular weight is 258 g/mol. The van der Waals surface area contributed by atoms with Crippen molar-refractivity contribution in [2.24, 2.45) is 0 Å². The van der Waals surface area contributed by atoms with Crippen LogP contribution in [0.3, 0.4) is 0 Å². The van der Waals surface area contributed by atoms with E-state index in [1.54, 1.807) is 0 Å². The van der Waals surface area contributed by atoms with Crippen molar-refractivity contribution in [2.45, 2.75) is 32.7 Å². The van der Waals surface area contributed by atoms with Gasteiger partial charge in [-0.15, -0.1) is 0 Å². The average Bonchev–Trinajstić information content (AvgIpc) is 2.90. The summed E-state index contributed by atoms with van der Waals surface area (Å²) in [6.07, 6.45) is 2.03. The Morgan fingerprint density at radius 3 is 2.28 bits per heavy atom. The summed E-state index contributed by atoms with van der Waals surface area (Å²) in [4.78, 5) is 14.1. The lowest BCUT2D eigenvalue weighted by molar-refractivity contribution is -0.134. The maximum atomic E-state index is 12.3. The molecular formula is C13H26N2O3. The number of carbonyl (C=O) groups is 1. The molecule has 0 aliphatic carbocycles. The van der Waals surface area contributed by atoms with Crippen LogP contribution in [0.4, 0.5) is 0 Å². The molecule has 106 valence electrons. The molecule has 1 rings (SSSR count). The number of hydrogen-bond acceptors (Lipinski definition) is 4. The molecule has 5 nitrogen and oxygen atoms in total. The van der Waals surface area contributed by atoms with Gasteiger partial charge in [-0.3, -0.25) is 4.79 Å². The second kappa shape index (κ2) is 9.30. The fraction of sp³-hybridized carbons (Fsp3) is 0.923. The normalized spacial score (nSPS) is 19.1. The van der Waals surface area contributed by atoms with Gasteiger partial charge in [0.1, 0.15) is 0 Å². The first-order valence-corrected chi connectivity index (χ1v) is 6.97. The Balaban J connectivity index is 2.38. The smallest absolute Gasteiger partial charge is 0.239 e. The van der Waals surface area contributed by atoms with E-state index in [0.717, 1.165) is 19.4 Å². The Kier molecular flexibility index (Phi) is 7.96. The second-order valence-electron chi connectivity index (χ2n) is 4.37. The molecule has 0 aromatic rings. The number of carbonyl (C=O) groups excluding carboxylic acids is 1. The molecule has 1 heterocycles. The number of amides is 1. The highest BCUT2D eigenvalue weighted by molar-refractivity contribution is 5.82. The lowest BCUT2D eigenvalue weighted by Crippen LogP contribution is -2.46. The molecule has 0 unspecified atom stereocenters. The quantitative estimate of drug-likeness (QED) is 0.617. The molecule has 5 heteroatoms. The van der Waals surface area contributed by atoms with E-state index in [-0.39, 0.29) is 11.9 Å². The topological polar surface area (TPSA) is 50.8 Å². The van der Waals surface area contributed by atoms with E-state index in [2.05, 4.69) is 5.32 Å². The zero-order chi connectivity index (χ0) is 13.2. The molecule has 0 bridgehead atoms. The van der Waals surface area contributed by atoms with Gasteiger partial charge in [-0.25, -0.2) is 0 Å². The lowest BCUT2D eigenvalue weighted by Gasteiger charge is -2.25. The molecular weight excluding hydrogens is 232 g/mol. The van der Waals surface area contributed by atoms with Gasteiger partial charge in [-0.1, -0.05) is 0 Å². The SMILES string of the molecule is CCOCCN(CCOCC)C(=O)[C@@H]1CCCN1. The maximum Gasteiger partial charge on any atom is 0.239 e. The molecule has 0 aromatic carbocycles. The molecule has 0 aromatic heterocycles. The van der Waals surface area contributed by atoms with Crippen molar-refractivity contribution in [2.75, 3.05) is 46.1 Å². The summed E-state index contributed by atoms with van der Waals surface area (Å²) in [6, 6.07) is -0.00625. The fourth-order valence-corrected chi connectivity index (χ4v) is 2.09. The molecule has 1 aliphatic rings. The molecule has 18 heavy (non-hydrogen) atoms. The minimum atomic E-state index is -0.00625. The monoisotopic (exact) mass is 258 g/mol. The minimum Gasteiger partial charge on any atom is -0.380 e. The first-order valence-electron chi connectivity index (χ1n) is 6.97. The van der Waals surface area contributed by atoms with Crippen LogP contribution in [0.2, 0.25) is 0 Å². The Hall–Kier alpha value is -0.650. The fourth-order valence-electron chi connectivity index (χ4n) is 2.09.